The predicted molar refractivity (Wildman–Crippen MR) is 117 cm³/mol. The van der Waals surface area contributed by atoms with Crippen LogP contribution >= 0.6 is 0 Å². The number of carbonyl (C=O) groups excluding carboxylic acids is 2. The van der Waals surface area contributed by atoms with Gasteiger partial charge in [0.05, 0.1) is 11.0 Å². The quantitative estimate of drug-likeness (QED) is 0.382. The molecular formula is C22H32N4O5. The molecule has 1 fully saturated rings. The molecular weight excluding hydrogens is 400 g/mol. The van der Waals surface area contributed by atoms with Gasteiger partial charge in [-0.2, -0.15) is 0 Å². The van der Waals surface area contributed by atoms with Crippen LogP contribution in [0.2, 0.25) is 0 Å². The molecule has 31 heavy (non-hydrogen) atoms. The molecule has 1 aromatic heterocycles. The highest BCUT2D eigenvalue weighted by Gasteiger charge is 2.31. The summed E-state index contributed by atoms with van der Waals surface area (Å²) >= 11 is 0. The van der Waals surface area contributed by atoms with Crippen LogP contribution < -0.4 is 16.7 Å². The third-order valence-corrected chi connectivity index (χ3v) is 5.51. The van der Waals surface area contributed by atoms with Crippen molar-refractivity contribution in [3.05, 3.63) is 34.2 Å². The van der Waals surface area contributed by atoms with Crippen molar-refractivity contribution in [3.8, 4) is 0 Å². The Hall–Kier alpha value is -2.49. The fourth-order valence-corrected chi connectivity index (χ4v) is 3.97. The van der Waals surface area contributed by atoms with Gasteiger partial charge in [-0.15, -0.1) is 0 Å². The van der Waals surface area contributed by atoms with E-state index >= 15 is 0 Å². The Labute approximate surface area is 181 Å². The second-order valence-corrected chi connectivity index (χ2v) is 7.79. The number of piperidine rings is 1. The predicted octanol–water partition coefficient (Wildman–Crippen LogP) is 1.02. The Bertz CT molecular complexity index is 965. The maximum atomic E-state index is 12.9. The lowest BCUT2D eigenvalue weighted by Crippen LogP contribution is -2.44. The molecule has 2 heterocycles. The smallest absolute Gasteiger partial charge is 0.329 e. The molecule has 0 aliphatic carbocycles. The number of nitrogens with one attached hydrogen (secondary N) is 1. The fourth-order valence-electron chi connectivity index (χ4n) is 3.97. The second kappa shape index (κ2) is 11.2. The summed E-state index contributed by atoms with van der Waals surface area (Å²) in [5.41, 5.74) is 7.75. The SMILES string of the molecule is Cn1c(=O)n(C2CCC(=O)NC2=O)c2cccc(CCCOCCCOCCCN)c21. The zero-order valence-electron chi connectivity index (χ0n) is 18.1. The minimum Gasteiger partial charge on any atom is -0.381 e. The summed E-state index contributed by atoms with van der Waals surface area (Å²) in [6.07, 6.45) is 3.87. The number of amides is 2. The standard InChI is InChI=1S/C22H32N4O5/c1-25-20-16(7-3-12-30-14-5-15-31-13-4-11-23)6-2-8-17(20)26(22(25)29)18-9-10-19(27)24-21(18)28/h2,6,8,18H,3-5,7,9-15,23H2,1H3,(H,24,27,28). The summed E-state index contributed by atoms with van der Waals surface area (Å²) in [6, 6.07) is 5.09. The first-order valence-corrected chi connectivity index (χ1v) is 10.9. The fraction of sp³-hybridized carbons (Fsp3) is 0.591. The lowest BCUT2D eigenvalue weighted by Gasteiger charge is -2.21. The average Bonchev–Trinajstić information content (AvgIpc) is 3.01. The third-order valence-electron chi connectivity index (χ3n) is 5.51. The third kappa shape index (κ3) is 5.61. The topological polar surface area (TPSA) is 118 Å². The van der Waals surface area contributed by atoms with E-state index in [2.05, 4.69) is 5.32 Å². The van der Waals surface area contributed by atoms with Crippen LogP contribution in [-0.4, -0.2) is 53.9 Å². The Morgan fingerprint density at radius 3 is 2.48 bits per heavy atom. The number of ether oxygens (including phenoxy) is 2. The van der Waals surface area contributed by atoms with Gasteiger partial charge in [-0.3, -0.25) is 24.0 Å². The summed E-state index contributed by atoms with van der Waals surface area (Å²) in [4.78, 5) is 36.7. The minimum absolute atomic E-state index is 0.230. The number of benzene rings is 1. The van der Waals surface area contributed by atoms with Crippen LogP contribution in [0.5, 0.6) is 0 Å². The van der Waals surface area contributed by atoms with E-state index in [1.54, 1.807) is 11.6 Å². The Balaban J connectivity index is 1.60. The monoisotopic (exact) mass is 432 g/mol. The van der Waals surface area contributed by atoms with Crippen LogP contribution in [0.4, 0.5) is 0 Å². The second-order valence-electron chi connectivity index (χ2n) is 7.79. The molecule has 3 rings (SSSR count). The lowest BCUT2D eigenvalue weighted by molar-refractivity contribution is -0.135. The molecule has 1 saturated heterocycles. The molecule has 2 amide bonds. The van der Waals surface area contributed by atoms with Crippen molar-refractivity contribution in [2.24, 2.45) is 12.8 Å². The first kappa shape index (κ1) is 23.2. The van der Waals surface area contributed by atoms with E-state index in [9.17, 15) is 14.4 Å². The van der Waals surface area contributed by atoms with Gasteiger partial charge in [-0.1, -0.05) is 12.1 Å². The highest BCUT2D eigenvalue weighted by molar-refractivity contribution is 6.00. The van der Waals surface area contributed by atoms with Gasteiger partial charge in [0.15, 0.2) is 0 Å². The van der Waals surface area contributed by atoms with Crippen molar-refractivity contribution in [2.45, 2.75) is 44.6 Å². The van der Waals surface area contributed by atoms with E-state index in [1.807, 2.05) is 18.2 Å². The van der Waals surface area contributed by atoms with Gasteiger partial charge in [0.2, 0.25) is 11.8 Å². The molecule has 1 aliphatic rings. The number of para-hydroxylation sites is 1. The lowest BCUT2D eigenvalue weighted by atomic mass is 10.0. The Morgan fingerprint density at radius 2 is 1.77 bits per heavy atom. The maximum absolute atomic E-state index is 12.9. The van der Waals surface area contributed by atoms with Crippen molar-refractivity contribution in [2.75, 3.05) is 33.0 Å². The van der Waals surface area contributed by atoms with Gasteiger partial charge in [0, 0.05) is 39.9 Å². The number of hydrogen-bond acceptors (Lipinski definition) is 6. The van der Waals surface area contributed by atoms with Crippen molar-refractivity contribution < 1.29 is 19.1 Å². The van der Waals surface area contributed by atoms with Gasteiger partial charge in [0.1, 0.15) is 6.04 Å². The van der Waals surface area contributed by atoms with Crippen molar-refractivity contribution >= 4 is 22.8 Å². The molecule has 1 unspecified atom stereocenters. The summed E-state index contributed by atoms with van der Waals surface area (Å²) in [7, 11) is 1.72. The molecule has 3 N–H and O–H groups in total. The molecule has 0 spiro atoms. The van der Waals surface area contributed by atoms with Crippen molar-refractivity contribution in [1.82, 2.24) is 14.5 Å². The molecule has 170 valence electrons. The molecule has 9 nitrogen and oxygen atoms in total. The number of fused-ring (bicyclic) bond motifs is 1. The number of rotatable bonds is 12. The van der Waals surface area contributed by atoms with E-state index in [-0.39, 0.29) is 18.0 Å². The normalized spacial score (nSPS) is 16.8. The van der Waals surface area contributed by atoms with Crippen LogP contribution in [0, 0.1) is 0 Å². The van der Waals surface area contributed by atoms with E-state index in [0.717, 1.165) is 42.3 Å². The Morgan fingerprint density at radius 1 is 1.06 bits per heavy atom. The number of carbonyl (C=O) groups is 2. The van der Waals surface area contributed by atoms with Crippen molar-refractivity contribution in [3.63, 3.8) is 0 Å². The van der Waals surface area contributed by atoms with E-state index < -0.39 is 11.9 Å². The van der Waals surface area contributed by atoms with Crippen LogP contribution in [0.15, 0.2) is 23.0 Å². The number of nitrogens with zero attached hydrogens (tertiary/aromatic N) is 2. The molecule has 1 aromatic carbocycles. The molecule has 1 atom stereocenters. The Kier molecular flexibility index (Phi) is 8.39. The largest absolute Gasteiger partial charge is 0.381 e. The molecule has 0 saturated carbocycles. The van der Waals surface area contributed by atoms with Crippen LogP contribution in [0.25, 0.3) is 11.0 Å². The number of nitrogens with two attached hydrogens (primary N) is 1. The first-order valence-electron chi connectivity index (χ1n) is 10.9. The van der Waals surface area contributed by atoms with Crippen LogP contribution in [0.3, 0.4) is 0 Å². The molecule has 1 aliphatic heterocycles. The summed E-state index contributed by atoms with van der Waals surface area (Å²) in [5, 5.41) is 2.34. The van der Waals surface area contributed by atoms with Crippen LogP contribution in [-0.2, 0) is 32.5 Å². The van der Waals surface area contributed by atoms with Gasteiger partial charge >= 0.3 is 5.69 Å². The molecule has 2 aromatic rings. The van der Waals surface area contributed by atoms with Gasteiger partial charge < -0.3 is 15.2 Å². The van der Waals surface area contributed by atoms with E-state index in [0.29, 0.717) is 39.4 Å². The molecule has 0 bridgehead atoms. The van der Waals surface area contributed by atoms with Gasteiger partial charge in [-0.25, -0.2) is 4.79 Å². The first-order chi connectivity index (χ1) is 15.0. The van der Waals surface area contributed by atoms with E-state index in [1.165, 1.54) is 4.57 Å². The number of hydrogen-bond donors (Lipinski definition) is 2. The summed E-state index contributed by atoms with van der Waals surface area (Å²) in [5.74, 6) is -0.714. The van der Waals surface area contributed by atoms with Crippen molar-refractivity contribution in [1.29, 1.82) is 0 Å². The van der Waals surface area contributed by atoms with Gasteiger partial charge in [-0.05, 0) is 50.3 Å². The summed E-state index contributed by atoms with van der Waals surface area (Å²) < 4.78 is 14.2. The molecule has 9 heteroatoms. The zero-order valence-corrected chi connectivity index (χ0v) is 18.1. The average molecular weight is 433 g/mol. The highest BCUT2D eigenvalue weighted by Crippen LogP contribution is 2.25. The summed E-state index contributed by atoms with van der Waals surface area (Å²) in [6.45, 7) is 3.29. The minimum atomic E-state index is -0.667. The maximum Gasteiger partial charge on any atom is 0.329 e. The molecule has 0 radical (unpaired) electrons. The van der Waals surface area contributed by atoms with E-state index in [4.69, 9.17) is 15.2 Å². The number of imide groups is 1. The number of aromatic nitrogens is 2. The highest BCUT2D eigenvalue weighted by atomic mass is 16.5. The van der Waals surface area contributed by atoms with Crippen LogP contribution in [0.1, 0.15) is 43.7 Å². The van der Waals surface area contributed by atoms with Gasteiger partial charge in [0.25, 0.3) is 0 Å². The zero-order chi connectivity index (χ0) is 22.2. The number of aryl methyl sites for hydroxylation is 2. The number of imidazole rings is 1.